The summed E-state index contributed by atoms with van der Waals surface area (Å²) in [5.41, 5.74) is 0.852. The summed E-state index contributed by atoms with van der Waals surface area (Å²) in [4.78, 5) is 11.4. The Morgan fingerprint density at radius 1 is 1.13 bits per heavy atom. The molecule has 0 bridgehead atoms. The summed E-state index contributed by atoms with van der Waals surface area (Å²) in [6.45, 7) is 0.515. The molecule has 1 aromatic carbocycles. The van der Waals surface area contributed by atoms with E-state index >= 15 is 0 Å². The van der Waals surface area contributed by atoms with Crippen molar-refractivity contribution < 1.29 is 24.1 Å². The predicted molar refractivity (Wildman–Crippen MR) is 89.0 cm³/mol. The first kappa shape index (κ1) is 18.6. The van der Waals surface area contributed by atoms with E-state index in [-0.39, 0.29) is 12.5 Å². The summed E-state index contributed by atoms with van der Waals surface area (Å²) in [6, 6.07) is 3.63. The highest BCUT2D eigenvalue weighted by molar-refractivity contribution is 5.87. The van der Waals surface area contributed by atoms with E-state index in [0.717, 1.165) is 5.56 Å². The molecule has 0 aliphatic carbocycles. The average molecular weight is 321 g/mol. The number of carbonyl (C=O) groups is 1. The quantitative estimate of drug-likeness (QED) is 0.412. The van der Waals surface area contributed by atoms with Gasteiger partial charge in [-0.15, -0.1) is 0 Å². The first-order valence-corrected chi connectivity index (χ1v) is 7.19. The molecule has 0 fully saturated rings. The fraction of sp³-hybridized carbons (Fsp3) is 0.353. The molecule has 0 saturated carbocycles. The Morgan fingerprint density at radius 2 is 1.78 bits per heavy atom. The second-order valence-electron chi connectivity index (χ2n) is 4.55. The number of hydrogen-bond acceptors (Lipinski definition) is 5. The van der Waals surface area contributed by atoms with Crippen molar-refractivity contribution in [2.75, 3.05) is 34.5 Å². The van der Waals surface area contributed by atoms with Gasteiger partial charge in [0.15, 0.2) is 11.5 Å². The van der Waals surface area contributed by atoms with Crippen LogP contribution in [0.1, 0.15) is 12.0 Å². The smallest absolute Gasteiger partial charge is 0.243 e. The van der Waals surface area contributed by atoms with E-state index in [2.05, 4.69) is 5.32 Å². The van der Waals surface area contributed by atoms with Crippen LogP contribution in [0, 0.1) is 0 Å². The predicted octanol–water partition coefficient (Wildman–Crippen LogP) is 1.78. The molecule has 0 atom stereocenters. The largest absolute Gasteiger partial charge is 0.493 e. The maximum absolute atomic E-state index is 11.4. The number of hydrogen-bond donors (Lipinski definition) is 2. The monoisotopic (exact) mass is 321 g/mol. The van der Waals surface area contributed by atoms with Crippen LogP contribution in [0.2, 0.25) is 0 Å². The lowest BCUT2D eigenvalue weighted by Crippen LogP contribution is -2.22. The fourth-order valence-electron chi connectivity index (χ4n) is 1.86. The molecule has 0 heterocycles. The summed E-state index contributed by atoms with van der Waals surface area (Å²) in [6.07, 6.45) is 7.17. The van der Waals surface area contributed by atoms with Gasteiger partial charge >= 0.3 is 0 Å². The van der Waals surface area contributed by atoms with Crippen LogP contribution in [-0.2, 0) is 4.79 Å². The van der Waals surface area contributed by atoms with Gasteiger partial charge in [-0.25, -0.2) is 0 Å². The van der Waals surface area contributed by atoms with Gasteiger partial charge in [0.2, 0.25) is 11.7 Å². The molecule has 0 aliphatic rings. The van der Waals surface area contributed by atoms with Crippen LogP contribution in [-0.4, -0.2) is 45.5 Å². The van der Waals surface area contributed by atoms with Crippen LogP contribution in [0.25, 0.3) is 6.08 Å². The lowest BCUT2D eigenvalue weighted by Gasteiger charge is -2.12. The number of ether oxygens (including phenoxy) is 3. The molecule has 1 aromatic rings. The average Bonchev–Trinajstić information content (AvgIpc) is 2.57. The van der Waals surface area contributed by atoms with Gasteiger partial charge in [-0.1, -0.05) is 18.2 Å². The van der Waals surface area contributed by atoms with Gasteiger partial charge in [0, 0.05) is 19.2 Å². The van der Waals surface area contributed by atoms with E-state index in [1.165, 1.54) is 6.08 Å². The minimum absolute atomic E-state index is 0.0605. The highest BCUT2D eigenvalue weighted by atomic mass is 16.5. The second kappa shape index (κ2) is 10.3. The number of nitrogens with one attached hydrogen (secondary N) is 1. The molecule has 0 spiro atoms. The van der Waals surface area contributed by atoms with Crippen molar-refractivity contribution in [3.8, 4) is 17.2 Å². The van der Waals surface area contributed by atoms with E-state index in [9.17, 15) is 4.79 Å². The third kappa shape index (κ3) is 6.04. The number of amides is 1. The Labute approximate surface area is 136 Å². The number of allylic oxidation sites excluding steroid dienone is 2. The van der Waals surface area contributed by atoms with Crippen molar-refractivity contribution >= 4 is 12.0 Å². The summed E-state index contributed by atoms with van der Waals surface area (Å²) in [5, 5.41) is 11.3. The zero-order valence-electron chi connectivity index (χ0n) is 13.7. The zero-order valence-corrected chi connectivity index (χ0v) is 13.7. The highest BCUT2D eigenvalue weighted by Gasteiger charge is 2.11. The third-order valence-electron chi connectivity index (χ3n) is 2.97. The molecule has 6 heteroatoms. The fourth-order valence-corrected chi connectivity index (χ4v) is 1.86. The number of aliphatic hydroxyl groups excluding tert-OH is 1. The van der Waals surface area contributed by atoms with Crippen molar-refractivity contribution in [2.45, 2.75) is 6.42 Å². The summed E-state index contributed by atoms with van der Waals surface area (Å²) >= 11 is 0. The van der Waals surface area contributed by atoms with Crippen LogP contribution in [0.3, 0.4) is 0 Å². The van der Waals surface area contributed by atoms with Crippen molar-refractivity contribution in [1.82, 2.24) is 5.32 Å². The number of aliphatic hydroxyl groups is 1. The van der Waals surface area contributed by atoms with Gasteiger partial charge in [-0.2, -0.15) is 0 Å². The van der Waals surface area contributed by atoms with Gasteiger partial charge in [0.05, 0.1) is 21.3 Å². The van der Waals surface area contributed by atoms with Crippen molar-refractivity contribution in [3.05, 3.63) is 35.9 Å². The summed E-state index contributed by atoms with van der Waals surface area (Å²) < 4.78 is 15.8. The van der Waals surface area contributed by atoms with E-state index in [0.29, 0.717) is 30.2 Å². The first-order chi connectivity index (χ1) is 11.2. The normalized spacial score (nSPS) is 11.0. The Balaban J connectivity index is 2.74. The van der Waals surface area contributed by atoms with E-state index in [1.54, 1.807) is 33.5 Å². The van der Waals surface area contributed by atoms with Crippen LogP contribution >= 0.6 is 0 Å². The van der Waals surface area contributed by atoms with Gasteiger partial charge < -0.3 is 24.6 Å². The topological polar surface area (TPSA) is 77.0 Å². The Morgan fingerprint density at radius 3 is 2.30 bits per heavy atom. The summed E-state index contributed by atoms with van der Waals surface area (Å²) in [7, 11) is 4.66. The third-order valence-corrected chi connectivity index (χ3v) is 2.97. The molecular weight excluding hydrogens is 298 g/mol. The van der Waals surface area contributed by atoms with E-state index < -0.39 is 0 Å². The van der Waals surface area contributed by atoms with Gasteiger partial charge in [-0.05, 0) is 24.1 Å². The molecule has 23 heavy (non-hydrogen) atoms. The molecule has 126 valence electrons. The highest BCUT2D eigenvalue weighted by Crippen LogP contribution is 2.38. The van der Waals surface area contributed by atoms with Crippen LogP contribution in [0.4, 0.5) is 0 Å². The Kier molecular flexibility index (Phi) is 8.31. The minimum atomic E-state index is -0.201. The van der Waals surface area contributed by atoms with Crippen LogP contribution in [0.5, 0.6) is 17.2 Å². The van der Waals surface area contributed by atoms with E-state index in [4.69, 9.17) is 19.3 Å². The molecular formula is C17H23NO5. The van der Waals surface area contributed by atoms with Crippen molar-refractivity contribution in [3.63, 3.8) is 0 Å². The molecule has 1 amide bonds. The van der Waals surface area contributed by atoms with Crippen molar-refractivity contribution in [1.29, 1.82) is 0 Å². The SMILES string of the molecule is COc1cc(C=CC=CC(=O)NCCCO)cc(OC)c1OC. The van der Waals surface area contributed by atoms with Crippen LogP contribution in [0.15, 0.2) is 30.4 Å². The molecule has 0 radical (unpaired) electrons. The van der Waals surface area contributed by atoms with Crippen LogP contribution < -0.4 is 19.5 Å². The molecule has 0 aliphatic heterocycles. The van der Waals surface area contributed by atoms with Gasteiger partial charge in [-0.3, -0.25) is 4.79 Å². The molecule has 6 nitrogen and oxygen atoms in total. The van der Waals surface area contributed by atoms with Crippen molar-refractivity contribution in [2.24, 2.45) is 0 Å². The minimum Gasteiger partial charge on any atom is -0.493 e. The first-order valence-electron chi connectivity index (χ1n) is 7.19. The van der Waals surface area contributed by atoms with Gasteiger partial charge in [0.1, 0.15) is 0 Å². The maximum Gasteiger partial charge on any atom is 0.243 e. The zero-order chi connectivity index (χ0) is 17.1. The lowest BCUT2D eigenvalue weighted by atomic mass is 10.1. The molecule has 0 aromatic heterocycles. The number of rotatable bonds is 9. The van der Waals surface area contributed by atoms with Gasteiger partial charge in [0.25, 0.3) is 0 Å². The molecule has 1 rings (SSSR count). The molecule has 2 N–H and O–H groups in total. The standard InChI is InChI=1S/C17H23NO5/c1-21-14-11-13(12-15(22-2)17(14)23-3)7-4-5-8-16(20)18-9-6-10-19/h4-5,7-8,11-12,19H,6,9-10H2,1-3H3,(H,18,20). The van der Waals surface area contributed by atoms with E-state index in [1.807, 2.05) is 18.2 Å². The Hall–Kier alpha value is -2.47. The number of methoxy groups -OCH3 is 3. The molecule has 0 unspecified atom stereocenters. The maximum atomic E-state index is 11.4. The number of benzene rings is 1. The lowest BCUT2D eigenvalue weighted by molar-refractivity contribution is -0.116. The second-order valence-corrected chi connectivity index (χ2v) is 4.55. The number of carbonyl (C=O) groups excluding carboxylic acids is 1. The summed E-state index contributed by atoms with van der Waals surface area (Å²) in [5.74, 6) is 1.47. The Bertz CT molecular complexity index is 541. The molecule has 0 saturated heterocycles.